The predicted molar refractivity (Wildman–Crippen MR) is 139 cm³/mol. The fourth-order valence-electron chi connectivity index (χ4n) is 5.40. The van der Waals surface area contributed by atoms with E-state index in [1.54, 1.807) is 31.6 Å². The second-order valence-electron chi connectivity index (χ2n) is 10.4. The molecule has 8 nitrogen and oxygen atoms in total. The number of hydrogen-bond donors (Lipinski definition) is 1. The lowest BCUT2D eigenvalue weighted by molar-refractivity contribution is -0.172. The summed E-state index contributed by atoms with van der Waals surface area (Å²) in [6, 6.07) is 19.3. The van der Waals surface area contributed by atoms with Crippen LogP contribution in [0.3, 0.4) is 0 Å². The number of nitrogens with one attached hydrogen (secondary N) is 1. The number of aromatic nitrogens is 2. The molecular formula is C29H34N4O4. The van der Waals surface area contributed by atoms with Crippen molar-refractivity contribution in [3.8, 4) is 5.69 Å². The molecule has 2 saturated heterocycles. The Morgan fingerprint density at radius 2 is 1.78 bits per heavy atom. The van der Waals surface area contributed by atoms with Gasteiger partial charge in [-0.15, -0.1) is 0 Å². The molecule has 2 aromatic carbocycles. The molecule has 0 aliphatic carbocycles. The highest BCUT2D eigenvalue weighted by Crippen LogP contribution is 2.41. The van der Waals surface area contributed by atoms with E-state index in [9.17, 15) is 9.59 Å². The topological polar surface area (TPSA) is 85.7 Å². The summed E-state index contributed by atoms with van der Waals surface area (Å²) < 4.78 is 14.0. The zero-order valence-corrected chi connectivity index (χ0v) is 21.8. The van der Waals surface area contributed by atoms with E-state index in [2.05, 4.69) is 10.4 Å². The van der Waals surface area contributed by atoms with Crippen molar-refractivity contribution in [2.24, 2.45) is 0 Å². The molecule has 8 heteroatoms. The second-order valence-corrected chi connectivity index (χ2v) is 10.4. The fraction of sp³-hybridized carbons (Fsp3) is 0.414. The molecule has 1 aromatic heterocycles. The first-order chi connectivity index (χ1) is 17.7. The Kier molecular flexibility index (Phi) is 6.64. The highest BCUT2D eigenvalue weighted by atomic mass is 16.8. The number of nitrogens with zero attached hydrogens (tertiary/aromatic N) is 3. The Balaban J connectivity index is 1.34. The monoisotopic (exact) mass is 502 g/mol. The van der Waals surface area contributed by atoms with Crippen molar-refractivity contribution in [2.75, 3.05) is 6.54 Å². The first-order valence-corrected chi connectivity index (χ1v) is 12.8. The minimum atomic E-state index is -1.48. The molecule has 3 aromatic rings. The third-order valence-electron chi connectivity index (χ3n) is 7.26. The standard InChI is InChI=1S/C29H34N4O4/c1-20(21-13-15-23(16-14-21)33-19-9-17-30-33)31-27(35)29(4)25(36-28(2,3)37-29)26(34)32-18-8-12-24(32)22-10-6-5-7-11-22/h5-7,9-11,13-17,19-20,24-25H,8,12,18H2,1-4H3,(H,31,35)/t20-,24?,25?,29-/m1/s1. The van der Waals surface area contributed by atoms with Crippen LogP contribution in [0.5, 0.6) is 0 Å². The van der Waals surface area contributed by atoms with Crippen LogP contribution in [0.15, 0.2) is 73.1 Å². The maximum atomic E-state index is 13.9. The molecule has 0 radical (unpaired) electrons. The van der Waals surface area contributed by atoms with E-state index < -0.39 is 17.5 Å². The SMILES string of the molecule is C[C@@H](NC(=O)[C@]1(C)OC(C)(C)OC1C(=O)N1CCCC1c1ccccc1)c1ccc(-n2cccn2)cc1. The lowest BCUT2D eigenvalue weighted by atomic mass is 9.95. The smallest absolute Gasteiger partial charge is 0.255 e. The average molecular weight is 503 g/mol. The van der Waals surface area contributed by atoms with Gasteiger partial charge in [0.25, 0.3) is 11.8 Å². The van der Waals surface area contributed by atoms with Gasteiger partial charge in [0.15, 0.2) is 17.5 Å². The molecule has 2 fully saturated rings. The predicted octanol–water partition coefficient (Wildman–Crippen LogP) is 4.32. The van der Waals surface area contributed by atoms with Gasteiger partial charge in [0, 0.05) is 18.9 Å². The number of carbonyl (C=O) groups excluding carboxylic acids is 2. The third-order valence-corrected chi connectivity index (χ3v) is 7.26. The highest BCUT2D eigenvalue weighted by molar-refractivity contribution is 5.95. The van der Waals surface area contributed by atoms with Crippen LogP contribution in [-0.4, -0.2) is 50.5 Å². The Morgan fingerprint density at radius 1 is 1.05 bits per heavy atom. The summed E-state index contributed by atoms with van der Waals surface area (Å²) in [4.78, 5) is 29.4. The number of likely N-dealkylation sites (tertiary alicyclic amines) is 1. The van der Waals surface area contributed by atoms with Crippen LogP contribution in [0.2, 0.25) is 0 Å². The minimum absolute atomic E-state index is 0.0412. The van der Waals surface area contributed by atoms with Crippen LogP contribution < -0.4 is 5.32 Å². The normalized spacial score (nSPS) is 25.7. The van der Waals surface area contributed by atoms with Gasteiger partial charge in [0.2, 0.25) is 0 Å². The molecule has 37 heavy (non-hydrogen) atoms. The number of carbonyl (C=O) groups is 2. The molecule has 194 valence electrons. The van der Waals surface area contributed by atoms with Crippen molar-refractivity contribution in [3.63, 3.8) is 0 Å². The van der Waals surface area contributed by atoms with Crippen LogP contribution in [-0.2, 0) is 19.1 Å². The summed E-state index contributed by atoms with van der Waals surface area (Å²) in [5.74, 6) is -1.68. The Labute approximate surface area is 217 Å². The average Bonchev–Trinajstić information content (AvgIpc) is 3.64. The van der Waals surface area contributed by atoms with E-state index in [-0.39, 0.29) is 23.9 Å². The van der Waals surface area contributed by atoms with E-state index in [1.807, 2.05) is 78.7 Å². The molecule has 2 amide bonds. The van der Waals surface area contributed by atoms with Crippen LogP contribution in [0, 0.1) is 0 Å². The molecule has 0 bridgehead atoms. The van der Waals surface area contributed by atoms with Crippen molar-refractivity contribution in [1.82, 2.24) is 20.0 Å². The number of rotatable bonds is 6. The first-order valence-electron chi connectivity index (χ1n) is 12.8. The third kappa shape index (κ3) is 4.91. The summed E-state index contributed by atoms with van der Waals surface area (Å²) in [7, 11) is 0. The van der Waals surface area contributed by atoms with Gasteiger partial charge in [-0.3, -0.25) is 9.59 Å². The van der Waals surface area contributed by atoms with Gasteiger partial charge in [-0.25, -0.2) is 4.68 Å². The van der Waals surface area contributed by atoms with Gasteiger partial charge in [-0.05, 0) is 69.9 Å². The van der Waals surface area contributed by atoms with Gasteiger partial charge in [-0.1, -0.05) is 42.5 Å². The Morgan fingerprint density at radius 3 is 2.46 bits per heavy atom. The number of hydrogen-bond acceptors (Lipinski definition) is 5. The highest BCUT2D eigenvalue weighted by Gasteiger charge is 2.59. The fourth-order valence-corrected chi connectivity index (χ4v) is 5.40. The quantitative estimate of drug-likeness (QED) is 0.543. The lowest BCUT2D eigenvalue weighted by Crippen LogP contribution is -2.57. The zero-order valence-electron chi connectivity index (χ0n) is 21.8. The van der Waals surface area contributed by atoms with Gasteiger partial charge in [-0.2, -0.15) is 5.10 Å². The van der Waals surface area contributed by atoms with Crippen LogP contribution >= 0.6 is 0 Å². The maximum absolute atomic E-state index is 13.9. The number of benzene rings is 2. The van der Waals surface area contributed by atoms with E-state index in [0.717, 1.165) is 29.7 Å². The molecule has 2 aliphatic heterocycles. The van der Waals surface area contributed by atoms with Crippen LogP contribution in [0.1, 0.15) is 63.7 Å². The van der Waals surface area contributed by atoms with E-state index in [0.29, 0.717) is 6.54 Å². The number of amides is 2. The molecule has 3 heterocycles. The molecule has 2 unspecified atom stereocenters. The molecule has 1 N–H and O–H groups in total. The molecule has 0 spiro atoms. The van der Waals surface area contributed by atoms with Crippen LogP contribution in [0.4, 0.5) is 0 Å². The van der Waals surface area contributed by atoms with Crippen molar-refractivity contribution in [1.29, 1.82) is 0 Å². The number of ether oxygens (including phenoxy) is 2. The largest absolute Gasteiger partial charge is 0.347 e. The summed E-state index contributed by atoms with van der Waals surface area (Å²) in [6.45, 7) is 7.66. The van der Waals surface area contributed by atoms with Crippen molar-refractivity contribution in [3.05, 3.63) is 84.2 Å². The van der Waals surface area contributed by atoms with E-state index in [1.165, 1.54) is 0 Å². The Hall–Kier alpha value is -3.49. The van der Waals surface area contributed by atoms with Gasteiger partial charge < -0.3 is 19.7 Å². The molecule has 0 saturated carbocycles. The van der Waals surface area contributed by atoms with E-state index >= 15 is 0 Å². The van der Waals surface area contributed by atoms with Crippen LogP contribution in [0.25, 0.3) is 5.69 Å². The summed E-state index contributed by atoms with van der Waals surface area (Å²) >= 11 is 0. The minimum Gasteiger partial charge on any atom is -0.347 e. The van der Waals surface area contributed by atoms with Crippen molar-refractivity contribution < 1.29 is 19.1 Å². The zero-order chi connectivity index (χ0) is 26.2. The van der Waals surface area contributed by atoms with Crippen molar-refractivity contribution in [2.45, 2.75) is 70.1 Å². The summed E-state index contributed by atoms with van der Waals surface area (Å²) in [5.41, 5.74) is 1.47. The summed E-state index contributed by atoms with van der Waals surface area (Å²) in [5, 5.41) is 7.30. The van der Waals surface area contributed by atoms with E-state index in [4.69, 9.17) is 9.47 Å². The molecular weight excluding hydrogens is 468 g/mol. The molecule has 5 rings (SSSR count). The van der Waals surface area contributed by atoms with Crippen molar-refractivity contribution >= 4 is 11.8 Å². The van der Waals surface area contributed by atoms with Gasteiger partial charge in [0.1, 0.15) is 0 Å². The lowest BCUT2D eigenvalue weighted by Gasteiger charge is -2.33. The molecule has 2 aliphatic rings. The first kappa shape index (κ1) is 25.2. The van der Waals surface area contributed by atoms with Gasteiger partial charge in [0.05, 0.1) is 17.8 Å². The molecule has 4 atom stereocenters. The van der Waals surface area contributed by atoms with Gasteiger partial charge >= 0.3 is 0 Å². The summed E-state index contributed by atoms with van der Waals surface area (Å²) in [6.07, 6.45) is 4.32. The maximum Gasteiger partial charge on any atom is 0.255 e. The second kappa shape index (κ2) is 9.76. The Bertz CT molecular complexity index is 1240.